The van der Waals surface area contributed by atoms with Crippen molar-refractivity contribution < 1.29 is 14.1 Å². The molecule has 1 aliphatic rings. The van der Waals surface area contributed by atoms with Crippen molar-refractivity contribution in [2.45, 2.75) is 13.0 Å². The molecule has 1 fully saturated rings. The van der Waals surface area contributed by atoms with Gasteiger partial charge in [0.15, 0.2) is 6.04 Å². The van der Waals surface area contributed by atoms with Gasteiger partial charge in [-0.1, -0.05) is 18.2 Å². The number of para-hydroxylation sites is 1. The Hall–Kier alpha value is -2.86. The van der Waals surface area contributed by atoms with Gasteiger partial charge in [-0.2, -0.15) is 0 Å². The van der Waals surface area contributed by atoms with Gasteiger partial charge < -0.3 is 19.0 Å². The summed E-state index contributed by atoms with van der Waals surface area (Å²) in [5.74, 6) is 2.07. The van der Waals surface area contributed by atoms with Gasteiger partial charge in [-0.15, -0.1) is 10.2 Å². The predicted octanol–water partition coefficient (Wildman–Crippen LogP) is 2.21. The quantitative estimate of drug-likeness (QED) is 0.751. The summed E-state index contributed by atoms with van der Waals surface area (Å²) in [5.41, 5.74) is 2.20. The Balaban J connectivity index is 1.40. The van der Waals surface area contributed by atoms with E-state index in [1.54, 1.807) is 7.11 Å². The van der Waals surface area contributed by atoms with E-state index < -0.39 is 0 Å². The highest BCUT2D eigenvalue weighted by atomic mass is 16.5. The van der Waals surface area contributed by atoms with Crippen LogP contribution in [0.2, 0.25) is 0 Å². The molecule has 140 valence electrons. The molecule has 2 aromatic carbocycles. The van der Waals surface area contributed by atoms with Crippen molar-refractivity contribution in [3.8, 4) is 17.2 Å². The van der Waals surface area contributed by atoms with E-state index in [1.165, 1.54) is 10.6 Å². The third kappa shape index (κ3) is 3.80. The van der Waals surface area contributed by atoms with Crippen molar-refractivity contribution in [1.82, 2.24) is 10.2 Å². The van der Waals surface area contributed by atoms with Crippen molar-refractivity contribution in [3.63, 3.8) is 0 Å². The Bertz CT molecular complexity index is 855. The lowest BCUT2D eigenvalue weighted by Crippen LogP contribution is -3.14. The summed E-state index contributed by atoms with van der Waals surface area (Å²) >= 11 is 0. The van der Waals surface area contributed by atoms with Crippen LogP contribution in [0.5, 0.6) is 5.75 Å². The normalized spacial score (nSPS) is 16.3. The Kier molecular flexibility index (Phi) is 5.07. The predicted molar refractivity (Wildman–Crippen MR) is 104 cm³/mol. The number of methoxy groups -OCH3 is 1. The topological polar surface area (TPSA) is 55.8 Å². The molecule has 6 heteroatoms. The van der Waals surface area contributed by atoms with Crippen molar-refractivity contribution in [3.05, 3.63) is 60.5 Å². The van der Waals surface area contributed by atoms with E-state index in [1.807, 2.05) is 24.3 Å². The Morgan fingerprint density at radius 1 is 1.00 bits per heavy atom. The van der Waals surface area contributed by atoms with Crippen molar-refractivity contribution in [2.24, 2.45) is 0 Å². The lowest BCUT2D eigenvalue weighted by Gasteiger charge is -2.35. The van der Waals surface area contributed by atoms with Gasteiger partial charge in [-0.05, 0) is 43.3 Å². The van der Waals surface area contributed by atoms with Crippen LogP contribution in [-0.4, -0.2) is 43.5 Å². The van der Waals surface area contributed by atoms with E-state index in [-0.39, 0.29) is 6.04 Å². The van der Waals surface area contributed by atoms with E-state index in [4.69, 9.17) is 9.15 Å². The number of ether oxygens (including phenoxy) is 1. The van der Waals surface area contributed by atoms with E-state index >= 15 is 0 Å². The number of benzene rings is 2. The molecule has 0 bridgehead atoms. The molecule has 1 N–H and O–H groups in total. The molecule has 27 heavy (non-hydrogen) atoms. The lowest BCUT2D eigenvalue weighted by molar-refractivity contribution is -0.931. The second-order valence-corrected chi connectivity index (χ2v) is 6.88. The smallest absolute Gasteiger partial charge is 0.274 e. The number of quaternary nitrogens is 1. The number of hydrogen-bond donors (Lipinski definition) is 1. The first-order chi connectivity index (χ1) is 13.2. The second-order valence-electron chi connectivity index (χ2n) is 6.88. The lowest BCUT2D eigenvalue weighted by atomic mass is 10.2. The van der Waals surface area contributed by atoms with Gasteiger partial charge in [0.25, 0.3) is 5.89 Å². The summed E-state index contributed by atoms with van der Waals surface area (Å²) in [6, 6.07) is 18.4. The summed E-state index contributed by atoms with van der Waals surface area (Å²) < 4.78 is 11.2. The average Bonchev–Trinajstić information content (AvgIpc) is 3.24. The Morgan fingerprint density at radius 3 is 2.37 bits per heavy atom. The summed E-state index contributed by atoms with van der Waals surface area (Å²) in [6.07, 6.45) is 0. The van der Waals surface area contributed by atoms with Gasteiger partial charge in [0.05, 0.1) is 33.3 Å². The summed E-state index contributed by atoms with van der Waals surface area (Å²) in [7, 11) is 1.65. The molecule has 6 nitrogen and oxygen atoms in total. The number of hydrogen-bond acceptors (Lipinski definition) is 5. The number of aromatic nitrogens is 2. The largest absolute Gasteiger partial charge is 0.497 e. The summed E-state index contributed by atoms with van der Waals surface area (Å²) in [5, 5.41) is 8.54. The molecular weight excluding hydrogens is 340 g/mol. The number of piperazine rings is 1. The van der Waals surface area contributed by atoms with Gasteiger partial charge >= 0.3 is 0 Å². The monoisotopic (exact) mass is 365 g/mol. The third-order valence-electron chi connectivity index (χ3n) is 5.29. The fraction of sp³-hybridized carbons (Fsp3) is 0.333. The average molecular weight is 365 g/mol. The summed E-state index contributed by atoms with van der Waals surface area (Å²) in [4.78, 5) is 3.92. The standard InChI is InChI=1S/C21H24N4O2/c1-16(24-12-14-25(15-13-24)18-6-4-3-5-7-18)20-22-23-21(27-20)17-8-10-19(26-2)11-9-17/h3-11,16H,12-15H2,1-2H3/p+1/t16-/m0/s1. The highest BCUT2D eigenvalue weighted by Gasteiger charge is 2.29. The van der Waals surface area contributed by atoms with E-state index in [2.05, 4.69) is 52.4 Å². The molecule has 4 rings (SSSR count). The number of nitrogens with one attached hydrogen (secondary N) is 1. The first kappa shape index (κ1) is 17.5. The van der Waals surface area contributed by atoms with Crippen LogP contribution in [0, 0.1) is 0 Å². The molecule has 3 aromatic rings. The molecule has 1 aromatic heterocycles. The fourth-order valence-corrected chi connectivity index (χ4v) is 3.56. The highest BCUT2D eigenvalue weighted by Crippen LogP contribution is 2.22. The third-order valence-corrected chi connectivity index (χ3v) is 5.29. The Labute approximate surface area is 159 Å². The number of rotatable bonds is 5. The van der Waals surface area contributed by atoms with Crippen LogP contribution < -0.4 is 14.5 Å². The first-order valence-corrected chi connectivity index (χ1v) is 9.37. The summed E-state index contributed by atoms with van der Waals surface area (Å²) in [6.45, 7) is 6.33. The van der Waals surface area contributed by atoms with Crippen LogP contribution in [0.1, 0.15) is 18.9 Å². The first-order valence-electron chi connectivity index (χ1n) is 9.37. The van der Waals surface area contributed by atoms with Crippen molar-refractivity contribution in [2.75, 3.05) is 38.2 Å². The number of nitrogens with zero attached hydrogens (tertiary/aromatic N) is 3. The molecule has 1 saturated heterocycles. The molecule has 0 spiro atoms. The molecule has 2 heterocycles. The molecule has 0 radical (unpaired) electrons. The molecular formula is C21H25N4O2+. The van der Waals surface area contributed by atoms with Crippen molar-refractivity contribution >= 4 is 5.69 Å². The minimum Gasteiger partial charge on any atom is -0.497 e. The minimum absolute atomic E-state index is 0.183. The van der Waals surface area contributed by atoms with Crippen LogP contribution in [-0.2, 0) is 0 Å². The maximum Gasteiger partial charge on any atom is 0.274 e. The molecule has 0 unspecified atom stereocenters. The zero-order valence-corrected chi connectivity index (χ0v) is 15.8. The zero-order chi connectivity index (χ0) is 18.6. The van der Waals surface area contributed by atoms with E-state index in [9.17, 15) is 0 Å². The molecule has 0 aliphatic carbocycles. The van der Waals surface area contributed by atoms with Crippen LogP contribution in [0.25, 0.3) is 11.5 Å². The van der Waals surface area contributed by atoms with E-state index in [0.717, 1.165) is 37.5 Å². The van der Waals surface area contributed by atoms with Crippen LogP contribution >= 0.6 is 0 Å². The van der Waals surface area contributed by atoms with Crippen molar-refractivity contribution in [1.29, 1.82) is 0 Å². The van der Waals surface area contributed by atoms with Gasteiger partial charge in [-0.3, -0.25) is 0 Å². The van der Waals surface area contributed by atoms with Crippen LogP contribution in [0.3, 0.4) is 0 Å². The zero-order valence-electron chi connectivity index (χ0n) is 15.8. The van der Waals surface area contributed by atoms with Crippen LogP contribution in [0.4, 0.5) is 5.69 Å². The van der Waals surface area contributed by atoms with Gasteiger partial charge in [0.2, 0.25) is 5.89 Å². The molecule has 0 saturated carbocycles. The van der Waals surface area contributed by atoms with Crippen LogP contribution in [0.15, 0.2) is 59.0 Å². The molecule has 1 aliphatic heterocycles. The van der Waals surface area contributed by atoms with Gasteiger partial charge in [0.1, 0.15) is 5.75 Å². The SMILES string of the molecule is COc1ccc(-c2nnc([C@H](C)[NH+]3CCN(c4ccccc4)CC3)o2)cc1. The molecule has 0 amide bonds. The van der Waals surface area contributed by atoms with Gasteiger partial charge in [-0.25, -0.2) is 0 Å². The second kappa shape index (κ2) is 7.80. The van der Waals surface area contributed by atoms with Gasteiger partial charge in [0, 0.05) is 11.3 Å². The maximum atomic E-state index is 5.97. The number of anilines is 1. The highest BCUT2D eigenvalue weighted by molar-refractivity contribution is 5.54. The minimum atomic E-state index is 0.183. The Morgan fingerprint density at radius 2 is 1.70 bits per heavy atom. The van der Waals surface area contributed by atoms with E-state index in [0.29, 0.717) is 11.8 Å². The molecule has 1 atom stereocenters. The fourth-order valence-electron chi connectivity index (χ4n) is 3.56. The maximum absolute atomic E-state index is 5.97.